The molecule has 3 N–H and O–H groups in total. The van der Waals surface area contributed by atoms with Crippen molar-refractivity contribution in [3.63, 3.8) is 0 Å². The molecule has 0 heterocycles. The molecular formula is C18H20BrN3O5S. The molecule has 0 saturated carbocycles. The van der Waals surface area contributed by atoms with Gasteiger partial charge in [0.05, 0.1) is 4.90 Å². The number of amides is 2. The molecule has 0 aromatic heterocycles. The van der Waals surface area contributed by atoms with Crippen LogP contribution < -0.4 is 20.3 Å². The fourth-order valence-corrected chi connectivity index (χ4v) is 3.38. The minimum Gasteiger partial charge on any atom is -0.484 e. The second kappa shape index (κ2) is 10.2. The molecule has 0 fully saturated rings. The lowest BCUT2D eigenvalue weighted by molar-refractivity contribution is -0.129. The van der Waals surface area contributed by atoms with Crippen molar-refractivity contribution in [3.05, 3.63) is 58.6 Å². The lowest BCUT2D eigenvalue weighted by atomic mass is 10.2. The standard InChI is InChI=1S/C18H20BrN3O5S/c1-13-3-2-4-15(11-13)27-12-18(24)22-21-17(23)9-10-20-28(25,26)16-7-5-14(19)6-8-16/h2-8,11,20H,9-10,12H2,1H3,(H,21,23)(H,22,24). The number of sulfonamides is 1. The van der Waals surface area contributed by atoms with E-state index in [1.165, 1.54) is 12.1 Å². The van der Waals surface area contributed by atoms with E-state index >= 15 is 0 Å². The highest BCUT2D eigenvalue weighted by atomic mass is 79.9. The monoisotopic (exact) mass is 469 g/mol. The van der Waals surface area contributed by atoms with Gasteiger partial charge in [0.1, 0.15) is 5.75 Å². The largest absolute Gasteiger partial charge is 0.484 e. The molecule has 0 aliphatic rings. The fraction of sp³-hybridized carbons (Fsp3) is 0.222. The van der Waals surface area contributed by atoms with Gasteiger partial charge >= 0.3 is 0 Å². The van der Waals surface area contributed by atoms with Crippen molar-refractivity contribution in [3.8, 4) is 5.75 Å². The van der Waals surface area contributed by atoms with Crippen LogP contribution in [0.25, 0.3) is 0 Å². The van der Waals surface area contributed by atoms with E-state index in [-0.39, 0.29) is 24.5 Å². The van der Waals surface area contributed by atoms with E-state index in [1.807, 2.05) is 13.0 Å². The zero-order valence-corrected chi connectivity index (χ0v) is 17.5. The van der Waals surface area contributed by atoms with E-state index in [4.69, 9.17) is 4.74 Å². The van der Waals surface area contributed by atoms with Crippen LogP contribution in [0.3, 0.4) is 0 Å². The van der Waals surface area contributed by atoms with Gasteiger partial charge in [0.15, 0.2) is 6.61 Å². The highest BCUT2D eigenvalue weighted by molar-refractivity contribution is 9.10. The van der Waals surface area contributed by atoms with E-state index in [2.05, 4.69) is 31.5 Å². The summed E-state index contributed by atoms with van der Waals surface area (Å²) in [4.78, 5) is 23.5. The second-order valence-corrected chi connectivity index (χ2v) is 8.49. The zero-order valence-electron chi connectivity index (χ0n) is 15.1. The smallest absolute Gasteiger partial charge is 0.276 e. The molecule has 8 nitrogen and oxygen atoms in total. The molecule has 0 atom stereocenters. The summed E-state index contributed by atoms with van der Waals surface area (Å²) in [6.07, 6.45) is -0.144. The molecule has 0 unspecified atom stereocenters. The number of benzene rings is 2. The molecule has 0 aliphatic heterocycles. The number of rotatable bonds is 8. The molecule has 10 heteroatoms. The van der Waals surface area contributed by atoms with Crippen molar-refractivity contribution < 1.29 is 22.7 Å². The predicted molar refractivity (Wildman–Crippen MR) is 107 cm³/mol. The van der Waals surface area contributed by atoms with Crippen molar-refractivity contribution in [2.24, 2.45) is 0 Å². The molecule has 2 amide bonds. The van der Waals surface area contributed by atoms with Crippen LogP contribution in [0, 0.1) is 6.92 Å². The maximum absolute atomic E-state index is 12.1. The number of halogens is 1. The van der Waals surface area contributed by atoms with Crippen LogP contribution in [0.5, 0.6) is 5.75 Å². The molecular weight excluding hydrogens is 450 g/mol. The number of aryl methyl sites for hydroxylation is 1. The van der Waals surface area contributed by atoms with Gasteiger partial charge in [-0.05, 0) is 48.9 Å². The highest BCUT2D eigenvalue weighted by Gasteiger charge is 2.14. The van der Waals surface area contributed by atoms with E-state index in [0.29, 0.717) is 5.75 Å². The molecule has 0 radical (unpaired) electrons. The van der Waals surface area contributed by atoms with Gasteiger partial charge in [-0.3, -0.25) is 20.4 Å². The maximum Gasteiger partial charge on any atom is 0.276 e. The molecule has 2 rings (SSSR count). The summed E-state index contributed by atoms with van der Waals surface area (Å²) in [5.41, 5.74) is 5.41. The normalized spacial score (nSPS) is 10.9. The molecule has 0 aliphatic carbocycles. The van der Waals surface area contributed by atoms with E-state index < -0.39 is 21.8 Å². The van der Waals surface area contributed by atoms with Crippen LogP contribution in [0.4, 0.5) is 0 Å². The maximum atomic E-state index is 12.1. The summed E-state index contributed by atoms with van der Waals surface area (Å²) in [6.45, 7) is 1.53. The minimum absolute atomic E-state index is 0.0951. The number of carbonyl (C=O) groups is 2. The molecule has 0 spiro atoms. The molecule has 28 heavy (non-hydrogen) atoms. The van der Waals surface area contributed by atoms with Gasteiger partial charge in [-0.15, -0.1) is 0 Å². The van der Waals surface area contributed by atoms with Crippen LogP contribution in [0.1, 0.15) is 12.0 Å². The van der Waals surface area contributed by atoms with Crippen molar-refractivity contribution in [2.75, 3.05) is 13.2 Å². The Morgan fingerprint density at radius 3 is 2.39 bits per heavy atom. The number of nitrogens with one attached hydrogen (secondary N) is 3. The van der Waals surface area contributed by atoms with Gasteiger partial charge in [0.2, 0.25) is 15.9 Å². The summed E-state index contributed by atoms with van der Waals surface area (Å²) >= 11 is 3.23. The molecule has 2 aromatic carbocycles. The van der Waals surface area contributed by atoms with Gasteiger partial charge in [-0.25, -0.2) is 13.1 Å². The minimum atomic E-state index is -3.70. The Morgan fingerprint density at radius 1 is 1.04 bits per heavy atom. The van der Waals surface area contributed by atoms with E-state index in [1.54, 1.807) is 30.3 Å². The Bertz CT molecular complexity index is 932. The number of hydrogen-bond acceptors (Lipinski definition) is 5. The number of ether oxygens (including phenoxy) is 1. The molecule has 0 saturated heterocycles. The first kappa shape index (κ1) is 21.9. The van der Waals surface area contributed by atoms with Crippen molar-refractivity contribution in [2.45, 2.75) is 18.2 Å². The third-order valence-electron chi connectivity index (χ3n) is 3.47. The average molecular weight is 470 g/mol. The summed E-state index contributed by atoms with van der Waals surface area (Å²) < 4.78 is 32.6. The first-order valence-corrected chi connectivity index (χ1v) is 10.6. The van der Waals surface area contributed by atoms with Crippen LogP contribution in [-0.4, -0.2) is 33.4 Å². The van der Waals surface area contributed by atoms with Crippen LogP contribution in [-0.2, 0) is 19.6 Å². The first-order valence-electron chi connectivity index (χ1n) is 8.29. The zero-order chi connectivity index (χ0) is 20.6. The quantitative estimate of drug-likeness (QED) is 0.508. The predicted octanol–water partition coefficient (Wildman–Crippen LogP) is 1.65. The van der Waals surface area contributed by atoms with Crippen molar-refractivity contribution >= 4 is 37.8 Å². The Balaban J connectivity index is 1.68. The Morgan fingerprint density at radius 2 is 1.71 bits per heavy atom. The SMILES string of the molecule is Cc1cccc(OCC(=O)NNC(=O)CCNS(=O)(=O)c2ccc(Br)cc2)c1. The Labute approximate surface area is 171 Å². The van der Waals surface area contributed by atoms with Gasteiger partial charge < -0.3 is 4.74 Å². The topological polar surface area (TPSA) is 114 Å². The second-order valence-electron chi connectivity index (χ2n) is 5.80. The van der Waals surface area contributed by atoms with Crippen molar-refractivity contribution in [1.82, 2.24) is 15.6 Å². The van der Waals surface area contributed by atoms with Crippen LogP contribution in [0.2, 0.25) is 0 Å². The van der Waals surface area contributed by atoms with Crippen LogP contribution >= 0.6 is 15.9 Å². The number of hydrogen-bond donors (Lipinski definition) is 3. The highest BCUT2D eigenvalue weighted by Crippen LogP contribution is 2.14. The fourth-order valence-electron chi connectivity index (χ4n) is 2.09. The van der Waals surface area contributed by atoms with Gasteiger partial charge in [0, 0.05) is 17.4 Å². The van der Waals surface area contributed by atoms with Gasteiger partial charge in [0.25, 0.3) is 5.91 Å². The van der Waals surface area contributed by atoms with Crippen LogP contribution in [0.15, 0.2) is 57.9 Å². The third kappa shape index (κ3) is 7.29. The summed E-state index contributed by atoms with van der Waals surface area (Å²) in [5.74, 6) is -0.531. The van der Waals surface area contributed by atoms with E-state index in [9.17, 15) is 18.0 Å². The molecule has 150 valence electrons. The van der Waals surface area contributed by atoms with Crippen molar-refractivity contribution in [1.29, 1.82) is 0 Å². The number of carbonyl (C=O) groups excluding carboxylic acids is 2. The summed E-state index contributed by atoms with van der Waals surface area (Å²) in [5, 5.41) is 0. The molecule has 2 aromatic rings. The average Bonchev–Trinajstić information content (AvgIpc) is 2.65. The lowest BCUT2D eigenvalue weighted by Crippen LogP contribution is -2.44. The van der Waals surface area contributed by atoms with Gasteiger partial charge in [-0.2, -0.15) is 0 Å². The van der Waals surface area contributed by atoms with E-state index in [0.717, 1.165) is 10.0 Å². The third-order valence-corrected chi connectivity index (χ3v) is 5.47. The Hall–Kier alpha value is -2.43. The summed E-state index contributed by atoms with van der Waals surface area (Å²) in [7, 11) is -3.70. The summed E-state index contributed by atoms with van der Waals surface area (Å²) in [6, 6.07) is 13.3. The molecule has 0 bridgehead atoms. The number of hydrazine groups is 1. The lowest BCUT2D eigenvalue weighted by Gasteiger charge is -2.10. The Kier molecular flexibility index (Phi) is 7.97. The first-order chi connectivity index (χ1) is 13.3. The van der Waals surface area contributed by atoms with Gasteiger partial charge in [-0.1, -0.05) is 28.1 Å².